The van der Waals surface area contributed by atoms with Gasteiger partial charge in [0.2, 0.25) is 5.82 Å². The second kappa shape index (κ2) is 4.81. The first-order valence-electron chi connectivity index (χ1n) is 4.42. The molecule has 5 nitrogen and oxygen atoms in total. The number of hydrogen-bond donors (Lipinski definition) is 1. The zero-order chi connectivity index (χ0) is 13.1. The molecule has 1 rings (SSSR count). The van der Waals surface area contributed by atoms with E-state index in [1.165, 1.54) is 12.2 Å². The first-order chi connectivity index (χ1) is 7.88. The zero-order valence-electron chi connectivity index (χ0n) is 8.82. The van der Waals surface area contributed by atoms with Gasteiger partial charge in [-0.15, -0.1) is 0 Å². The molecule has 1 heterocycles. The number of nitrogens with zero attached hydrogens (tertiary/aromatic N) is 3. The molecule has 8 heteroatoms. The molecular weight excluding hydrogens is 237 g/mol. The van der Waals surface area contributed by atoms with Crippen molar-refractivity contribution >= 4 is 5.71 Å². The van der Waals surface area contributed by atoms with E-state index in [1.807, 2.05) is 0 Å². The van der Waals surface area contributed by atoms with E-state index in [4.69, 9.17) is 5.73 Å². The fraction of sp³-hybridized carbons (Fsp3) is 0.222. The van der Waals surface area contributed by atoms with Crippen molar-refractivity contribution in [1.29, 1.82) is 0 Å². The Labute approximate surface area is 94.5 Å². The largest absolute Gasteiger partial charge is 0.471 e. The van der Waals surface area contributed by atoms with Crippen LogP contribution in [0.4, 0.5) is 13.2 Å². The highest BCUT2D eigenvalue weighted by Gasteiger charge is 2.38. The molecule has 1 aromatic heterocycles. The van der Waals surface area contributed by atoms with E-state index in [9.17, 15) is 13.2 Å². The molecule has 0 amide bonds. The van der Waals surface area contributed by atoms with Crippen LogP contribution in [0.5, 0.6) is 0 Å². The molecule has 0 atom stereocenters. The highest BCUT2D eigenvalue weighted by atomic mass is 19.4. The topological polar surface area (TPSA) is 77.3 Å². The van der Waals surface area contributed by atoms with Gasteiger partial charge in [-0.1, -0.05) is 11.7 Å². The maximum atomic E-state index is 12.2. The second-order valence-corrected chi connectivity index (χ2v) is 2.84. The number of hydrogen-bond acceptors (Lipinski definition) is 5. The van der Waals surface area contributed by atoms with Crippen molar-refractivity contribution in [3.8, 4) is 0 Å². The Morgan fingerprint density at radius 1 is 1.53 bits per heavy atom. The lowest BCUT2D eigenvalue weighted by atomic mass is 10.3. The molecule has 0 aromatic carbocycles. The first-order valence-corrected chi connectivity index (χ1v) is 4.42. The monoisotopic (exact) mass is 246 g/mol. The molecular formula is C9H9F3N4O. The van der Waals surface area contributed by atoms with Gasteiger partial charge in [-0.2, -0.15) is 18.2 Å². The standard InChI is InChI=1S/C9H9F3N4O/c1-3-5(14-6(13)4-2)7-15-8(17-16-7)9(10,11)12/h3-4H,1,13H2,2H3/b6-4-,14-5+. The van der Waals surface area contributed by atoms with E-state index < -0.39 is 12.1 Å². The maximum absolute atomic E-state index is 12.2. The van der Waals surface area contributed by atoms with Crippen LogP contribution < -0.4 is 5.73 Å². The number of aliphatic imine (C=N–C) groups is 1. The average molecular weight is 246 g/mol. The molecule has 1 aromatic rings. The zero-order valence-corrected chi connectivity index (χ0v) is 8.82. The highest BCUT2D eigenvalue weighted by molar-refractivity contribution is 6.06. The molecule has 0 aliphatic heterocycles. The normalized spacial score (nSPS) is 13.9. The summed E-state index contributed by atoms with van der Waals surface area (Å²) in [4.78, 5) is 6.92. The predicted molar refractivity (Wildman–Crippen MR) is 54.0 cm³/mol. The number of halogens is 3. The van der Waals surface area contributed by atoms with Crippen LogP contribution >= 0.6 is 0 Å². The number of rotatable bonds is 3. The average Bonchev–Trinajstić information content (AvgIpc) is 2.74. The minimum Gasteiger partial charge on any atom is -0.384 e. The molecule has 0 bridgehead atoms. The van der Waals surface area contributed by atoms with Gasteiger partial charge in [-0.3, -0.25) is 0 Å². The maximum Gasteiger partial charge on any atom is 0.471 e. The molecule has 17 heavy (non-hydrogen) atoms. The minimum absolute atomic E-state index is 0.000139. The van der Waals surface area contributed by atoms with Gasteiger partial charge in [-0.25, -0.2) is 4.99 Å². The molecule has 0 spiro atoms. The van der Waals surface area contributed by atoms with Crippen molar-refractivity contribution in [2.24, 2.45) is 10.7 Å². The van der Waals surface area contributed by atoms with Gasteiger partial charge < -0.3 is 10.3 Å². The van der Waals surface area contributed by atoms with E-state index in [1.54, 1.807) is 6.92 Å². The van der Waals surface area contributed by atoms with Gasteiger partial charge in [0.25, 0.3) is 0 Å². The molecule has 0 aliphatic rings. The van der Waals surface area contributed by atoms with E-state index in [0.29, 0.717) is 0 Å². The van der Waals surface area contributed by atoms with Crippen molar-refractivity contribution in [3.63, 3.8) is 0 Å². The van der Waals surface area contributed by atoms with Gasteiger partial charge in [0.05, 0.1) is 0 Å². The summed E-state index contributed by atoms with van der Waals surface area (Å²) in [6.45, 7) is 5.00. The Bertz CT molecular complexity index is 473. The number of nitrogens with two attached hydrogens (primary N) is 1. The van der Waals surface area contributed by atoms with E-state index in [0.717, 1.165) is 0 Å². The summed E-state index contributed by atoms with van der Waals surface area (Å²) >= 11 is 0. The lowest BCUT2D eigenvalue weighted by Crippen LogP contribution is -2.07. The van der Waals surface area contributed by atoms with Crippen molar-refractivity contribution < 1.29 is 17.7 Å². The first kappa shape index (κ1) is 12.9. The number of alkyl halides is 3. The quantitative estimate of drug-likeness (QED) is 0.826. The smallest absolute Gasteiger partial charge is 0.384 e. The van der Waals surface area contributed by atoms with Gasteiger partial charge in [0.1, 0.15) is 11.5 Å². The van der Waals surface area contributed by atoms with Gasteiger partial charge >= 0.3 is 12.1 Å². The van der Waals surface area contributed by atoms with Crippen LogP contribution in [0.2, 0.25) is 0 Å². The van der Waals surface area contributed by atoms with E-state index in [-0.39, 0.29) is 17.4 Å². The van der Waals surface area contributed by atoms with E-state index in [2.05, 4.69) is 26.2 Å². The Kier molecular flexibility index (Phi) is 3.66. The fourth-order valence-corrected chi connectivity index (χ4v) is 0.833. The second-order valence-electron chi connectivity index (χ2n) is 2.84. The van der Waals surface area contributed by atoms with Crippen LogP contribution in [-0.4, -0.2) is 15.9 Å². The summed E-state index contributed by atoms with van der Waals surface area (Å²) in [5.41, 5.74) is 5.40. The van der Waals surface area contributed by atoms with Crippen molar-refractivity contribution in [2.45, 2.75) is 13.1 Å². The molecule has 0 unspecified atom stereocenters. The molecule has 2 N–H and O–H groups in total. The third kappa shape index (κ3) is 3.16. The summed E-state index contributed by atoms with van der Waals surface area (Å²) in [5, 5.41) is 3.15. The molecule has 92 valence electrons. The molecule has 0 fully saturated rings. The van der Waals surface area contributed by atoms with Crippen LogP contribution in [0.15, 0.2) is 34.1 Å². The van der Waals surface area contributed by atoms with Gasteiger partial charge in [0, 0.05) is 0 Å². The fourth-order valence-electron chi connectivity index (χ4n) is 0.833. The number of allylic oxidation sites excluding steroid dienone is 2. The van der Waals surface area contributed by atoms with Gasteiger partial charge in [0.15, 0.2) is 0 Å². The van der Waals surface area contributed by atoms with Crippen molar-refractivity contribution in [2.75, 3.05) is 0 Å². The summed E-state index contributed by atoms with van der Waals surface area (Å²) in [6, 6.07) is 0. The minimum atomic E-state index is -4.69. The van der Waals surface area contributed by atoms with Crippen LogP contribution in [0.3, 0.4) is 0 Å². The SMILES string of the molecule is C=C/C(=N\C(N)=C/C)c1noc(C(F)(F)F)n1. The van der Waals surface area contributed by atoms with Crippen LogP contribution in [-0.2, 0) is 6.18 Å². The Morgan fingerprint density at radius 3 is 2.59 bits per heavy atom. The summed E-state index contributed by atoms with van der Waals surface area (Å²) in [5.74, 6) is -1.66. The molecule has 0 saturated carbocycles. The molecule has 0 aliphatic carbocycles. The lowest BCUT2D eigenvalue weighted by molar-refractivity contribution is -0.159. The Hall–Kier alpha value is -2.12. The number of aromatic nitrogens is 2. The third-order valence-electron chi connectivity index (χ3n) is 1.64. The van der Waals surface area contributed by atoms with Crippen molar-refractivity contribution in [1.82, 2.24) is 10.1 Å². The highest BCUT2D eigenvalue weighted by Crippen LogP contribution is 2.27. The summed E-state index contributed by atoms with van der Waals surface area (Å²) in [7, 11) is 0. The summed E-state index contributed by atoms with van der Waals surface area (Å²) in [6.07, 6.45) is -2.04. The lowest BCUT2D eigenvalue weighted by Gasteiger charge is -1.96. The van der Waals surface area contributed by atoms with Crippen LogP contribution in [0, 0.1) is 0 Å². The molecule has 0 saturated heterocycles. The summed E-state index contributed by atoms with van der Waals surface area (Å²) < 4.78 is 40.6. The van der Waals surface area contributed by atoms with Crippen molar-refractivity contribution in [3.05, 3.63) is 36.3 Å². The van der Waals surface area contributed by atoms with Gasteiger partial charge in [-0.05, 0) is 19.1 Å². The van der Waals surface area contributed by atoms with E-state index >= 15 is 0 Å². The van der Waals surface area contributed by atoms with Crippen LogP contribution in [0.1, 0.15) is 18.6 Å². The molecule has 0 radical (unpaired) electrons. The Balaban J connectivity index is 3.11. The predicted octanol–water partition coefficient (Wildman–Crippen LogP) is 1.88. The Morgan fingerprint density at radius 2 is 2.18 bits per heavy atom. The third-order valence-corrected chi connectivity index (χ3v) is 1.64. The van der Waals surface area contributed by atoms with Crippen LogP contribution in [0.25, 0.3) is 0 Å².